The van der Waals surface area contributed by atoms with E-state index in [4.69, 9.17) is 4.74 Å². The van der Waals surface area contributed by atoms with Crippen molar-refractivity contribution in [3.63, 3.8) is 0 Å². The summed E-state index contributed by atoms with van der Waals surface area (Å²) in [5.41, 5.74) is 2.03. The summed E-state index contributed by atoms with van der Waals surface area (Å²) in [6.07, 6.45) is 0.824. The van der Waals surface area contributed by atoms with E-state index >= 15 is 0 Å². The topological polar surface area (TPSA) is 81.2 Å². The second-order valence-corrected chi connectivity index (χ2v) is 9.30. The third kappa shape index (κ3) is 13.0. The third-order valence-corrected chi connectivity index (χ3v) is 5.09. The van der Waals surface area contributed by atoms with Gasteiger partial charge in [0, 0.05) is 39.3 Å². The highest BCUT2D eigenvalue weighted by atomic mass is 127. The van der Waals surface area contributed by atoms with Gasteiger partial charge in [-0.3, -0.25) is 4.90 Å². The predicted octanol–water partition coefficient (Wildman–Crippen LogP) is 3.02. The first-order valence-electron chi connectivity index (χ1n) is 11.7. The van der Waals surface area contributed by atoms with Gasteiger partial charge in [0.05, 0.1) is 6.54 Å². The molecule has 1 aliphatic heterocycles. The van der Waals surface area contributed by atoms with Crippen LogP contribution in [0.25, 0.3) is 0 Å². The van der Waals surface area contributed by atoms with E-state index in [1.807, 2.05) is 27.7 Å². The SMILES string of the molecule is CCNC(=NCc1ccc(CN2CCCN(C)CC2)cc1)NCCNC(=O)OC(C)(C)C.I. The van der Waals surface area contributed by atoms with Crippen LogP contribution in [0.4, 0.5) is 4.79 Å². The van der Waals surface area contributed by atoms with Crippen molar-refractivity contribution in [2.45, 2.75) is 52.8 Å². The molecule has 1 aromatic carbocycles. The van der Waals surface area contributed by atoms with Crippen LogP contribution in [0.1, 0.15) is 45.2 Å². The molecule has 3 N–H and O–H groups in total. The number of nitrogens with zero attached hydrogens (tertiary/aromatic N) is 3. The van der Waals surface area contributed by atoms with Crippen molar-refractivity contribution in [3.05, 3.63) is 35.4 Å². The Morgan fingerprint density at radius 1 is 1.00 bits per heavy atom. The largest absolute Gasteiger partial charge is 0.444 e. The molecule has 1 heterocycles. The van der Waals surface area contributed by atoms with Crippen LogP contribution in [0.3, 0.4) is 0 Å². The van der Waals surface area contributed by atoms with E-state index in [1.165, 1.54) is 24.1 Å². The molecule has 0 aromatic heterocycles. The summed E-state index contributed by atoms with van der Waals surface area (Å²) in [4.78, 5) is 21.3. The van der Waals surface area contributed by atoms with Crippen molar-refractivity contribution in [2.75, 3.05) is 52.9 Å². The number of carbonyl (C=O) groups excluding carboxylic acids is 1. The molecule has 1 amide bonds. The van der Waals surface area contributed by atoms with E-state index < -0.39 is 11.7 Å². The minimum absolute atomic E-state index is 0. The monoisotopic (exact) mass is 574 g/mol. The fourth-order valence-electron chi connectivity index (χ4n) is 3.44. The average Bonchev–Trinajstić information content (AvgIpc) is 2.93. The van der Waals surface area contributed by atoms with Crippen LogP contribution >= 0.6 is 24.0 Å². The van der Waals surface area contributed by atoms with Crippen molar-refractivity contribution < 1.29 is 9.53 Å². The Hall–Kier alpha value is -1.59. The van der Waals surface area contributed by atoms with Crippen LogP contribution in [-0.2, 0) is 17.8 Å². The lowest BCUT2D eigenvalue weighted by molar-refractivity contribution is 0.0529. The quantitative estimate of drug-likeness (QED) is 0.192. The van der Waals surface area contributed by atoms with E-state index in [0.717, 1.165) is 38.7 Å². The van der Waals surface area contributed by atoms with Gasteiger partial charge in [0.15, 0.2) is 5.96 Å². The van der Waals surface area contributed by atoms with Gasteiger partial charge in [-0.2, -0.15) is 0 Å². The van der Waals surface area contributed by atoms with E-state index in [2.05, 4.69) is 62.1 Å². The maximum absolute atomic E-state index is 11.7. The van der Waals surface area contributed by atoms with Crippen molar-refractivity contribution >= 4 is 36.0 Å². The van der Waals surface area contributed by atoms with Gasteiger partial charge < -0.3 is 25.6 Å². The molecule has 1 saturated heterocycles. The summed E-state index contributed by atoms with van der Waals surface area (Å²) >= 11 is 0. The molecular formula is C24H43IN6O2. The highest BCUT2D eigenvalue weighted by molar-refractivity contribution is 14.0. The van der Waals surface area contributed by atoms with Crippen molar-refractivity contribution in [2.24, 2.45) is 4.99 Å². The second kappa shape index (κ2) is 15.3. The fourth-order valence-corrected chi connectivity index (χ4v) is 3.44. The second-order valence-electron chi connectivity index (χ2n) is 9.30. The summed E-state index contributed by atoms with van der Waals surface area (Å²) in [6, 6.07) is 8.75. The molecule has 0 radical (unpaired) electrons. The number of alkyl carbamates (subject to hydrolysis) is 1. The van der Waals surface area contributed by atoms with Crippen LogP contribution in [0.15, 0.2) is 29.3 Å². The molecule has 0 spiro atoms. The van der Waals surface area contributed by atoms with E-state index in [-0.39, 0.29) is 24.0 Å². The summed E-state index contributed by atoms with van der Waals surface area (Å²) in [7, 11) is 2.20. The number of hydrogen-bond donors (Lipinski definition) is 3. The number of carbonyl (C=O) groups is 1. The highest BCUT2D eigenvalue weighted by Gasteiger charge is 2.15. The highest BCUT2D eigenvalue weighted by Crippen LogP contribution is 2.11. The number of ether oxygens (including phenoxy) is 1. The van der Waals surface area contributed by atoms with Gasteiger partial charge in [-0.1, -0.05) is 24.3 Å². The van der Waals surface area contributed by atoms with E-state index in [1.54, 1.807) is 0 Å². The number of halogens is 1. The number of aliphatic imine (C=N–C) groups is 1. The number of guanidine groups is 1. The molecule has 0 atom stereocenters. The Balaban J connectivity index is 0.00000544. The van der Waals surface area contributed by atoms with Gasteiger partial charge in [-0.05, 0) is 65.4 Å². The first kappa shape index (κ1) is 29.4. The number of likely N-dealkylation sites (N-methyl/N-ethyl adjacent to an activating group) is 1. The van der Waals surface area contributed by atoms with E-state index in [0.29, 0.717) is 19.6 Å². The number of nitrogens with one attached hydrogen (secondary N) is 3. The normalized spacial score (nSPS) is 15.8. The minimum Gasteiger partial charge on any atom is -0.444 e. The first-order chi connectivity index (χ1) is 15.2. The fraction of sp³-hybridized carbons (Fsp3) is 0.667. The molecule has 0 bridgehead atoms. The Bertz CT molecular complexity index is 721. The molecule has 0 saturated carbocycles. The molecule has 0 unspecified atom stereocenters. The molecule has 188 valence electrons. The smallest absolute Gasteiger partial charge is 0.407 e. The maximum Gasteiger partial charge on any atom is 0.407 e. The molecule has 2 rings (SSSR count). The van der Waals surface area contributed by atoms with Crippen molar-refractivity contribution in [1.29, 1.82) is 0 Å². The van der Waals surface area contributed by atoms with Gasteiger partial charge in [-0.25, -0.2) is 9.79 Å². The van der Waals surface area contributed by atoms with Crippen LogP contribution < -0.4 is 16.0 Å². The van der Waals surface area contributed by atoms with E-state index in [9.17, 15) is 4.79 Å². The summed E-state index contributed by atoms with van der Waals surface area (Å²) in [5.74, 6) is 0.733. The lowest BCUT2D eigenvalue weighted by atomic mass is 10.1. The first-order valence-corrected chi connectivity index (χ1v) is 11.7. The van der Waals surface area contributed by atoms with Gasteiger partial charge in [-0.15, -0.1) is 24.0 Å². The van der Waals surface area contributed by atoms with Gasteiger partial charge >= 0.3 is 6.09 Å². The summed E-state index contributed by atoms with van der Waals surface area (Å²) < 4.78 is 5.24. The van der Waals surface area contributed by atoms with Crippen molar-refractivity contribution in [1.82, 2.24) is 25.8 Å². The van der Waals surface area contributed by atoms with Crippen LogP contribution in [0.5, 0.6) is 0 Å². The molecule has 9 heteroatoms. The number of rotatable bonds is 8. The summed E-state index contributed by atoms with van der Waals surface area (Å²) in [5, 5.41) is 9.22. The Morgan fingerprint density at radius 3 is 2.33 bits per heavy atom. The molecule has 1 aromatic rings. The predicted molar refractivity (Wildman–Crippen MR) is 146 cm³/mol. The Labute approximate surface area is 216 Å². The van der Waals surface area contributed by atoms with Crippen LogP contribution in [-0.4, -0.2) is 80.3 Å². The summed E-state index contributed by atoms with van der Waals surface area (Å²) in [6.45, 7) is 15.6. The lowest BCUT2D eigenvalue weighted by Crippen LogP contribution is -2.42. The number of hydrogen-bond acceptors (Lipinski definition) is 5. The zero-order valence-corrected chi connectivity index (χ0v) is 23.3. The van der Waals surface area contributed by atoms with Crippen molar-refractivity contribution in [3.8, 4) is 0 Å². The average molecular weight is 575 g/mol. The molecule has 8 nitrogen and oxygen atoms in total. The zero-order chi connectivity index (χ0) is 23.4. The molecule has 33 heavy (non-hydrogen) atoms. The molecule has 0 aliphatic carbocycles. The number of amides is 1. The molecule has 1 aliphatic rings. The number of benzene rings is 1. The minimum atomic E-state index is -0.493. The Kier molecular flexibility index (Phi) is 13.7. The third-order valence-electron chi connectivity index (χ3n) is 5.09. The standard InChI is InChI=1S/C24H42N6O2.HI/c1-6-25-22(26-12-13-27-23(31)32-24(2,3)4)28-18-20-8-10-21(11-9-20)19-30-15-7-14-29(5)16-17-30;/h8-11H,6-7,12-19H2,1-5H3,(H,27,31)(H2,25,26,28);1H. The zero-order valence-electron chi connectivity index (χ0n) is 20.9. The lowest BCUT2D eigenvalue weighted by Gasteiger charge is -2.20. The van der Waals surface area contributed by atoms with Gasteiger partial charge in [0.1, 0.15) is 5.60 Å². The van der Waals surface area contributed by atoms with Crippen LogP contribution in [0, 0.1) is 0 Å². The molecule has 1 fully saturated rings. The maximum atomic E-state index is 11.7. The Morgan fingerprint density at radius 2 is 1.67 bits per heavy atom. The van der Waals surface area contributed by atoms with Crippen LogP contribution in [0.2, 0.25) is 0 Å². The van der Waals surface area contributed by atoms with Gasteiger partial charge in [0.2, 0.25) is 0 Å². The van der Waals surface area contributed by atoms with Gasteiger partial charge in [0.25, 0.3) is 0 Å². The molecular weight excluding hydrogens is 531 g/mol.